The fraction of sp³-hybridized carbons (Fsp3) is 0.800. The Hall–Kier alpha value is -0.710. The molecule has 0 rings (SSSR count). The fourth-order valence-corrected chi connectivity index (χ4v) is 1.63. The van der Waals surface area contributed by atoms with Crippen molar-refractivity contribution in [3.8, 4) is 0 Å². The van der Waals surface area contributed by atoms with Crippen molar-refractivity contribution < 1.29 is 14.7 Å². The van der Waals surface area contributed by atoms with Gasteiger partial charge in [0.2, 0.25) is 5.91 Å². The highest BCUT2D eigenvalue weighted by atomic mass is 32.2. The van der Waals surface area contributed by atoms with E-state index in [0.29, 0.717) is 12.2 Å². The van der Waals surface area contributed by atoms with Crippen LogP contribution in [0.25, 0.3) is 0 Å². The third-order valence-corrected chi connectivity index (χ3v) is 2.32. The molecule has 2 N–H and O–H groups in total. The molecule has 0 bridgehead atoms. The normalized spacial score (nSPS) is 13.3. The summed E-state index contributed by atoms with van der Waals surface area (Å²) >= 11 is 1.40. The van der Waals surface area contributed by atoms with Crippen molar-refractivity contribution in [1.82, 2.24) is 5.32 Å². The lowest BCUT2D eigenvalue weighted by molar-refractivity contribution is -0.141. The topological polar surface area (TPSA) is 66.4 Å². The van der Waals surface area contributed by atoms with Crippen LogP contribution < -0.4 is 5.32 Å². The van der Waals surface area contributed by atoms with Crippen LogP contribution in [0.4, 0.5) is 0 Å². The Balaban J connectivity index is 4.18. The molecular formula is C10H19NO3S. The molecule has 0 saturated heterocycles. The minimum atomic E-state index is -0.980. The Morgan fingerprint density at radius 2 is 1.93 bits per heavy atom. The first-order valence-corrected chi connectivity index (χ1v) is 6.17. The number of thioether (sulfide) groups is 1. The monoisotopic (exact) mass is 233 g/mol. The van der Waals surface area contributed by atoms with Gasteiger partial charge in [-0.25, -0.2) is 4.79 Å². The molecule has 5 heteroatoms. The van der Waals surface area contributed by atoms with Gasteiger partial charge in [-0.15, -0.1) is 0 Å². The highest BCUT2D eigenvalue weighted by Crippen LogP contribution is 2.18. The van der Waals surface area contributed by atoms with E-state index < -0.39 is 12.0 Å². The van der Waals surface area contributed by atoms with Gasteiger partial charge >= 0.3 is 5.97 Å². The van der Waals surface area contributed by atoms with Gasteiger partial charge in [-0.1, -0.05) is 20.8 Å². The number of rotatable bonds is 5. The van der Waals surface area contributed by atoms with Crippen molar-refractivity contribution in [2.75, 3.05) is 12.0 Å². The standard InChI is InChI=1S/C10H19NO3S/c1-10(2,3)5-8(12)11-7(6-15-4)9(13)14/h7H,5-6H2,1-4H3,(H,11,12)(H,13,14)/t7-/m1/s1. The van der Waals surface area contributed by atoms with E-state index in [1.165, 1.54) is 11.8 Å². The quantitative estimate of drug-likeness (QED) is 0.752. The number of amides is 1. The second-order valence-electron chi connectivity index (χ2n) is 4.65. The van der Waals surface area contributed by atoms with Crippen LogP contribution in [0, 0.1) is 5.41 Å². The summed E-state index contributed by atoms with van der Waals surface area (Å²) in [6.07, 6.45) is 2.15. The summed E-state index contributed by atoms with van der Waals surface area (Å²) in [4.78, 5) is 22.2. The van der Waals surface area contributed by atoms with Gasteiger partial charge in [0.15, 0.2) is 0 Å². The number of hydrogen-bond acceptors (Lipinski definition) is 3. The van der Waals surface area contributed by atoms with Crippen LogP contribution in [0.3, 0.4) is 0 Å². The third kappa shape index (κ3) is 7.25. The molecule has 0 fully saturated rings. The van der Waals surface area contributed by atoms with E-state index in [1.807, 2.05) is 27.0 Å². The van der Waals surface area contributed by atoms with Gasteiger partial charge in [0.1, 0.15) is 6.04 Å². The molecule has 1 atom stereocenters. The Bertz CT molecular complexity index is 235. The van der Waals surface area contributed by atoms with Gasteiger partial charge in [-0.05, 0) is 11.7 Å². The number of nitrogens with one attached hydrogen (secondary N) is 1. The van der Waals surface area contributed by atoms with Gasteiger partial charge in [0.05, 0.1) is 0 Å². The zero-order valence-electron chi connectivity index (χ0n) is 9.66. The molecule has 0 saturated carbocycles. The summed E-state index contributed by atoms with van der Waals surface area (Å²) in [5.41, 5.74) is -0.119. The molecule has 0 aromatic rings. The highest BCUT2D eigenvalue weighted by Gasteiger charge is 2.22. The van der Waals surface area contributed by atoms with Crippen LogP contribution in [0.1, 0.15) is 27.2 Å². The van der Waals surface area contributed by atoms with E-state index >= 15 is 0 Å². The largest absolute Gasteiger partial charge is 0.480 e. The summed E-state index contributed by atoms with van der Waals surface area (Å²) in [5, 5.41) is 11.3. The fourth-order valence-electron chi connectivity index (χ4n) is 1.07. The average molecular weight is 233 g/mol. The van der Waals surface area contributed by atoms with Crippen molar-refractivity contribution in [3.05, 3.63) is 0 Å². The second kappa shape index (κ2) is 6.00. The van der Waals surface area contributed by atoms with Crippen molar-refractivity contribution in [2.24, 2.45) is 5.41 Å². The maximum Gasteiger partial charge on any atom is 0.327 e. The van der Waals surface area contributed by atoms with Gasteiger partial charge < -0.3 is 10.4 Å². The Morgan fingerprint density at radius 3 is 2.27 bits per heavy atom. The van der Waals surface area contributed by atoms with Gasteiger partial charge in [-0.2, -0.15) is 11.8 Å². The van der Waals surface area contributed by atoms with E-state index in [9.17, 15) is 9.59 Å². The zero-order valence-corrected chi connectivity index (χ0v) is 10.5. The Morgan fingerprint density at radius 1 is 1.40 bits per heavy atom. The van der Waals surface area contributed by atoms with E-state index in [4.69, 9.17) is 5.11 Å². The summed E-state index contributed by atoms with van der Waals surface area (Å²) in [6, 6.07) is -0.783. The molecule has 0 aromatic carbocycles. The summed E-state index contributed by atoms with van der Waals surface area (Å²) in [5.74, 6) is -0.791. The van der Waals surface area contributed by atoms with Gasteiger partial charge in [-0.3, -0.25) is 4.79 Å². The highest BCUT2D eigenvalue weighted by molar-refractivity contribution is 7.98. The predicted octanol–water partition coefficient (Wildman–Crippen LogP) is 1.35. The van der Waals surface area contributed by atoms with E-state index in [0.717, 1.165) is 0 Å². The number of carbonyl (C=O) groups excluding carboxylic acids is 1. The molecule has 0 aliphatic rings. The molecule has 15 heavy (non-hydrogen) atoms. The average Bonchev–Trinajstić information content (AvgIpc) is 1.99. The molecule has 0 aliphatic carbocycles. The molecule has 1 amide bonds. The van der Waals surface area contributed by atoms with Crippen LogP contribution in [-0.4, -0.2) is 35.0 Å². The van der Waals surface area contributed by atoms with Crippen molar-refractivity contribution >= 4 is 23.6 Å². The zero-order chi connectivity index (χ0) is 12.1. The summed E-state index contributed by atoms with van der Waals surface area (Å²) < 4.78 is 0. The second-order valence-corrected chi connectivity index (χ2v) is 5.56. The van der Waals surface area contributed by atoms with Crippen molar-refractivity contribution in [1.29, 1.82) is 0 Å². The molecule has 0 spiro atoms. The molecular weight excluding hydrogens is 214 g/mol. The van der Waals surface area contributed by atoms with E-state index in [2.05, 4.69) is 5.32 Å². The molecule has 0 aliphatic heterocycles. The number of hydrogen-bond donors (Lipinski definition) is 2. The minimum absolute atomic E-state index is 0.119. The lowest BCUT2D eigenvalue weighted by Gasteiger charge is -2.19. The minimum Gasteiger partial charge on any atom is -0.480 e. The molecule has 0 radical (unpaired) electrons. The van der Waals surface area contributed by atoms with E-state index in [1.54, 1.807) is 0 Å². The first-order valence-electron chi connectivity index (χ1n) is 4.77. The molecule has 0 unspecified atom stereocenters. The number of aliphatic carboxylic acids is 1. The van der Waals surface area contributed by atoms with Crippen molar-refractivity contribution in [2.45, 2.75) is 33.2 Å². The smallest absolute Gasteiger partial charge is 0.327 e. The van der Waals surface area contributed by atoms with Crippen molar-refractivity contribution in [3.63, 3.8) is 0 Å². The number of carbonyl (C=O) groups is 2. The van der Waals surface area contributed by atoms with Crippen LogP contribution >= 0.6 is 11.8 Å². The first-order chi connectivity index (χ1) is 6.76. The molecule has 0 aromatic heterocycles. The SMILES string of the molecule is CSC[C@@H](NC(=O)CC(C)(C)C)C(=O)O. The van der Waals surface area contributed by atoms with Gasteiger partial charge in [0, 0.05) is 12.2 Å². The maximum atomic E-state index is 11.5. The maximum absolute atomic E-state index is 11.5. The lowest BCUT2D eigenvalue weighted by atomic mass is 9.92. The molecule has 4 nitrogen and oxygen atoms in total. The number of carboxylic acids is 1. The first kappa shape index (κ1) is 14.3. The number of carboxylic acid groups (broad SMARTS) is 1. The summed E-state index contributed by atoms with van der Waals surface area (Å²) in [6.45, 7) is 5.82. The summed E-state index contributed by atoms with van der Waals surface area (Å²) in [7, 11) is 0. The van der Waals surface area contributed by atoms with Crippen LogP contribution in [0.5, 0.6) is 0 Å². The lowest BCUT2D eigenvalue weighted by Crippen LogP contribution is -2.43. The Kier molecular flexibility index (Phi) is 5.72. The third-order valence-electron chi connectivity index (χ3n) is 1.66. The van der Waals surface area contributed by atoms with Gasteiger partial charge in [0.25, 0.3) is 0 Å². The molecule has 88 valence electrons. The molecule has 0 heterocycles. The van der Waals surface area contributed by atoms with E-state index in [-0.39, 0.29) is 11.3 Å². The van der Waals surface area contributed by atoms with Crippen LogP contribution in [0.2, 0.25) is 0 Å². The predicted molar refractivity (Wildman–Crippen MR) is 62.0 cm³/mol. The Labute approximate surface area is 94.8 Å². The van der Waals surface area contributed by atoms with Crippen LogP contribution in [-0.2, 0) is 9.59 Å². The van der Waals surface area contributed by atoms with Crippen LogP contribution in [0.15, 0.2) is 0 Å².